The lowest BCUT2D eigenvalue weighted by Gasteiger charge is -2.33. The Balaban J connectivity index is 1.52. The fraction of sp³-hybridized carbons (Fsp3) is 0.435. The van der Waals surface area contributed by atoms with E-state index in [0.29, 0.717) is 12.5 Å². The first-order valence-corrected chi connectivity index (χ1v) is 9.85. The van der Waals surface area contributed by atoms with Crippen LogP contribution in [0.25, 0.3) is 0 Å². The van der Waals surface area contributed by atoms with Crippen LogP contribution in [0.15, 0.2) is 54.6 Å². The third-order valence-corrected chi connectivity index (χ3v) is 5.59. The molecule has 144 valence electrons. The van der Waals surface area contributed by atoms with E-state index in [4.69, 9.17) is 0 Å². The number of nitrogens with zero attached hydrogens (tertiary/aromatic N) is 2. The third-order valence-electron chi connectivity index (χ3n) is 5.59. The van der Waals surface area contributed by atoms with Crippen LogP contribution in [0.4, 0.5) is 4.79 Å². The van der Waals surface area contributed by atoms with E-state index >= 15 is 0 Å². The maximum Gasteiger partial charge on any atom is 0.317 e. The van der Waals surface area contributed by atoms with Crippen molar-refractivity contribution in [3.8, 4) is 0 Å². The number of benzene rings is 2. The lowest BCUT2D eigenvalue weighted by molar-refractivity contribution is 0.177. The molecule has 1 fully saturated rings. The first kappa shape index (κ1) is 19.4. The molecule has 2 amide bonds. The second-order valence-corrected chi connectivity index (χ2v) is 7.75. The molecule has 0 saturated carbocycles. The highest BCUT2D eigenvalue weighted by Gasteiger charge is 2.24. The number of likely N-dealkylation sites (N-methyl/N-ethyl adjacent to an activating group) is 1. The predicted molar refractivity (Wildman–Crippen MR) is 111 cm³/mol. The van der Waals surface area contributed by atoms with Crippen LogP contribution < -0.4 is 5.32 Å². The number of nitrogens with one attached hydrogen (secondary N) is 1. The molecule has 0 aliphatic carbocycles. The Hall–Kier alpha value is -2.33. The molecule has 27 heavy (non-hydrogen) atoms. The number of carbonyl (C=O) groups excluding carboxylic acids is 1. The van der Waals surface area contributed by atoms with E-state index in [1.54, 1.807) is 0 Å². The highest BCUT2D eigenvalue weighted by Crippen LogP contribution is 2.27. The Morgan fingerprint density at radius 1 is 1.07 bits per heavy atom. The van der Waals surface area contributed by atoms with Crippen LogP contribution >= 0.6 is 0 Å². The fourth-order valence-corrected chi connectivity index (χ4v) is 3.82. The van der Waals surface area contributed by atoms with Crippen molar-refractivity contribution in [2.24, 2.45) is 0 Å². The first-order valence-electron chi connectivity index (χ1n) is 9.85. The standard InChI is InChI=1S/C23H31N3O/c1-18-9-11-21(12-10-18)22(25(2)3)17-24-23(27)26-15-13-20(14-16-26)19-7-5-4-6-8-19/h4-12,20,22H,13-17H2,1-3H3,(H,24,27). The van der Waals surface area contributed by atoms with E-state index in [2.05, 4.69) is 85.8 Å². The summed E-state index contributed by atoms with van der Waals surface area (Å²) in [6.07, 6.45) is 2.07. The molecule has 1 saturated heterocycles. The molecular formula is C23H31N3O. The molecule has 2 aromatic carbocycles. The van der Waals surface area contributed by atoms with Crippen LogP contribution in [-0.2, 0) is 0 Å². The summed E-state index contributed by atoms with van der Waals surface area (Å²) in [6.45, 7) is 4.36. The molecule has 2 aromatic rings. The Morgan fingerprint density at radius 3 is 2.30 bits per heavy atom. The number of likely N-dealkylation sites (tertiary alicyclic amines) is 1. The van der Waals surface area contributed by atoms with Gasteiger partial charge in [0.05, 0.1) is 6.04 Å². The maximum atomic E-state index is 12.7. The van der Waals surface area contributed by atoms with Crippen LogP contribution in [0.1, 0.15) is 41.5 Å². The van der Waals surface area contributed by atoms with Gasteiger partial charge >= 0.3 is 6.03 Å². The Labute approximate surface area is 163 Å². The quantitative estimate of drug-likeness (QED) is 0.862. The highest BCUT2D eigenvalue weighted by atomic mass is 16.2. The summed E-state index contributed by atoms with van der Waals surface area (Å²) in [5.41, 5.74) is 3.87. The van der Waals surface area contributed by atoms with Gasteiger partial charge in [0.1, 0.15) is 0 Å². The summed E-state index contributed by atoms with van der Waals surface area (Å²) in [4.78, 5) is 16.8. The molecule has 0 aromatic heterocycles. The predicted octanol–water partition coefficient (Wildman–Crippen LogP) is 4.19. The number of amides is 2. The Morgan fingerprint density at radius 2 is 1.70 bits per heavy atom. The molecular weight excluding hydrogens is 334 g/mol. The number of hydrogen-bond acceptors (Lipinski definition) is 2. The topological polar surface area (TPSA) is 35.6 Å². The average Bonchev–Trinajstić information content (AvgIpc) is 2.70. The van der Waals surface area contributed by atoms with E-state index in [1.807, 2.05) is 4.90 Å². The minimum absolute atomic E-state index is 0.0560. The van der Waals surface area contributed by atoms with E-state index in [-0.39, 0.29) is 12.1 Å². The smallest absolute Gasteiger partial charge is 0.317 e. The fourth-order valence-electron chi connectivity index (χ4n) is 3.82. The summed E-state index contributed by atoms with van der Waals surface area (Å²) in [5, 5.41) is 3.15. The molecule has 1 aliphatic rings. The summed E-state index contributed by atoms with van der Waals surface area (Å²) in [6, 6.07) is 19.4. The lowest BCUT2D eigenvalue weighted by atomic mass is 9.90. The van der Waals surface area contributed by atoms with Gasteiger partial charge < -0.3 is 15.1 Å². The molecule has 1 atom stereocenters. The highest BCUT2D eigenvalue weighted by molar-refractivity contribution is 5.74. The van der Waals surface area contributed by atoms with Crippen molar-refractivity contribution in [2.45, 2.75) is 31.7 Å². The van der Waals surface area contributed by atoms with Gasteiger partial charge in [-0.05, 0) is 50.9 Å². The van der Waals surface area contributed by atoms with Crippen molar-refractivity contribution < 1.29 is 4.79 Å². The zero-order valence-corrected chi connectivity index (χ0v) is 16.7. The first-order chi connectivity index (χ1) is 13.0. The van der Waals surface area contributed by atoms with Crippen LogP contribution in [0.3, 0.4) is 0 Å². The maximum absolute atomic E-state index is 12.7. The zero-order chi connectivity index (χ0) is 19.2. The molecule has 4 heteroatoms. The van der Waals surface area contributed by atoms with Gasteiger partial charge in [-0.25, -0.2) is 4.79 Å². The van der Waals surface area contributed by atoms with Gasteiger partial charge in [0.25, 0.3) is 0 Å². The molecule has 0 bridgehead atoms. The zero-order valence-electron chi connectivity index (χ0n) is 16.7. The van der Waals surface area contributed by atoms with E-state index in [9.17, 15) is 4.79 Å². The molecule has 0 spiro atoms. The van der Waals surface area contributed by atoms with Gasteiger partial charge in [-0.1, -0.05) is 60.2 Å². The summed E-state index contributed by atoms with van der Waals surface area (Å²) in [5.74, 6) is 0.567. The van der Waals surface area contributed by atoms with Gasteiger partial charge in [-0.2, -0.15) is 0 Å². The molecule has 1 aliphatic heterocycles. The van der Waals surface area contributed by atoms with Crippen molar-refractivity contribution in [1.82, 2.24) is 15.1 Å². The molecule has 1 unspecified atom stereocenters. The van der Waals surface area contributed by atoms with Crippen molar-refractivity contribution >= 4 is 6.03 Å². The number of rotatable bonds is 5. The average molecular weight is 366 g/mol. The minimum atomic E-state index is 0.0560. The molecule has 0 radical (unpaired) electrons. The Bertz CT molecular complexity index is 719. The second kappa shape index (κ2) is 9.05. The number of hydrogen-bond donors (Lipinski definition) is 1. The van der Waals surface area contributed by atoms with E-state index < -0.39 is 0 Å². The van der Waals surface area contributed by atoms with Gasteiger partial charge in [-0.3, -0.25) is 0 Å². The number of carbonyl (C=O) groups is 1. The van der Waals surface area contributed by atoms with Crippen LogP contribution in [0.5, 0.6) is 0 Å². The summed E-state index contributed by atoms with van der Waals surface area (Å²) in [7, 11) is 4.12. The van der Waals surface area contributed by atoms with E-state index in [1.165, 1.54) is 16.7 Å². The summed E-state index contributed by atoms with van der Waals surface area (Å²) >= 11 is 0. The molecule has 3 rings (SSSR count). The van der Waals surface area contributed by atoms with Crippen LogP contribution in [0.2, 0.25) is 0 Å². The van der Waals surface area contributed by atoms with Gasteiger partial charge in [-0.15, -0.1) is 0 Å². The van der Waals surface area contributed by atoms with Gasteiger partial charge in [0.2, 0.25) is 0 Å². The molecule has 4 nitrogen and oxygen atoms in total. The van der Waals surface area contributed by atoms with Gasteiger partial charge in [0, 0.05) is 19.6 Å². The van der Waals surface area contributed by atoms with Crippen molar-refractivity contribution in [3.05, 3.63) is 71.3 Å². The monoisotopic (exact) mass is 365 g/mol. The van der Waals surface area contributed by atoms with E-state index in [0.717, 1.165) is 25.9 Å². The minimum Gasteiger partial charge on any atom is -0.336 e. The SMILES string of the molecule is Cc1ccc(C(CNC(=O)N2CCC(c3ccccc3)CC2)N(C)C)cc1. The largest absolute Gasteiger partial charge is 0.336 e. The van der Waals surface area contributed by atoms with Crippen LogP contribution in [-0.4, -0.2) is 49.6 Å². The van der Waals surface area contributed by atoms with Crippen LogP contribution in [0, 0.1) is 6.92 Å². The number of urea groups is 1. The van der Waals surface area contributed by atoms with Crippen molar-refractivity contribution in [2.75, 3.05) is 33.7 Å². The second-order valence-electron chi connectivity index (χ2n) is 7.75. The Kier molecular flexibility index (Phi) is 6.51. The number of aryl methyl sites for hydroxylation is 1. The molecule has 1 heterocycles. The lowest BCUT2D eigenvalue weighted by Crippen LogP contribution is -2.46. The normalized spacial score (nSPS) is 16.4. The van der Waals surface area contributed by atoms with Crippen molar-refractivity contribution in [1.29, 1.82) is 0 Å². The summed E-state index contributed by atoms with van der Waals surface area (Å²) < 4.78 is 0. The van der Waals surface area contributed by atoms with Gasteiger partial charge in [0.15, 0.2) is 0 Å². The molecule has 1 N–H and O–H groups in total. The van der Waals surface area contributed by atoms with Crippen molar-refractivity contribution in [3.63, 3.8) is 0 Å². The third kappa shape index (κ3) is 5.10. The number of piperidine rings is 1.